The molecule has 3 rings (SSSR count). The molecule has 1 saturated heterocycles. The van der Waals surface area contributed by atoms with Crippen molar-refractivity contribution in [1.29, 1.82) is 0 Å². The summed E-state index contributed by atoms with van der Waals surface area (Å²) in [5.41, 5.74) is -3.99. The Hall–Kier alpha value is -2.28. The van der Waals surface area contributed by atoms with E-state index in [2.05, 4.69) is 4.10 Å². The van der Waals surface area contributed by atoms with Gasteiger partial charge in [-0.1, -0.05) is 24.3 Å². The van der Waals surface area contributed by atoms with Crippen LogP contribution in [-0.4, -0.2) is 47.7 Å². The Morgan fingerprint density at radius 2 is 1.23 bits per heavy atom. The van der Waals surface area contributed by atoms with Crippen molar-refractivity contribution in [2.24, 2.45) is 0 Å². The van der Waals surface area contributed by atoms with Crippen molar-refractivity contribution in [3.8, 4) is 11.5 Å². The van der Waals surface area contributed by atoms with Crippen molar-refractivity contribution in [3.05, 3.63) is 59.7 Å². The van der Waals surface area contributed by atoms with Crippen LogP contribution in [-0.2, 0) is 36.4 Å². The van der Waals surface area contributed by atoms with E-state index in [1.165, 1.54) is 14.2 Å². The Kier molecular flexibility index (Phi) is 7.15. The van der Waals surface area contributed by atoms with Crippen LogP contribution in [0, 0.1) is 0 Å². The maximum atomic E-state index is 12.7. The second-order valence-corrected chi connectivity index (χ2v) is 8.30. The molecule has 0 spiro atoms. The third-order valence-corrected chi connectivity index (χ3v) is 5.64. The summed E-state index contributed by atoms with van der Waals surface area (Å²) >= 11 is 0. The molecule has 0 amide bonds. The average Bonchev–Trinajstić information content (AvgIpc) is 3.08. The summed E-state index contributed by atoms with van der Waals surface area (Å²) in [6, 6.07) is 14.0. The third-order valence-electron chi connectivity index (χ3n) is 4.67. The van der Waals surface area contributed by atoms with Crippen LogP contribution in [0.3, 0.4) is 0 Å². The average molecular weight is 460 g/mol. The Morgan fingerprint density at radius 3 is 1.55 bits per heavy atom. The summed E-state index contributed by atoms with van der Waals surface area (Å²) < 4.78 is 85.8. The molecule has 0 aromatic heterocycles. The highest BCUT2D eigenvalue weighted by Crippen LogP contribution is 2.30. The molecular formula is C19H20BF3O7S. The van der Waals surface area contributed by atoms with E-state index in [1.54, 1.807) is 48.5 Å². The fraction of sp³-hybridized carbons (Fsp3) is 0.368. The van der Waals surface area contributed by atoms with Gasteiger partial charge in [-0.3, -0.25) is 4.10 Å². The zero-order valence-corrected chi connectivity index (χ0v) is 17.5. The van der Waals surface area contributed by atoms with E-state index < -0.39 is 35.2 Å². The number of methoxy groups -OCH3 is 2. The largest absolute Gasteiger partial charge is 0.655 e. The second kappa shape index (κ2) is 9.47. The molecule has 7 nitrogen and oxygen atoms in total. The molecule has 2 aromatic rings. The van der Waals surface area contributed by atoms with Gasteiger partial charge in [0, 0.05) is 0 Å². The van der Waals surface area contributed by atoms with Gasteiger partial charge in [0.2, 0.25) is 0 Å². The third kappa shape index (κ3) is 5.91. The van der Waals surface area contributed by atoms with Gasteiger partial charge >= 0.3 is 22.9 Å². The second-order valence-electron chi connectivity index (χ2n) is 6.74. The number of hydrogen-bond donors (Lipinski definition) is 0. The molecule has 12 heteroatoms. The number of hydrogen-bond acceptors (Lipinski definition) is 7. The van der Waals surface area contributed by atoms with E-state index in [9.17, 15) is 21.6 Å². The first-order valence-electron chi connectivity index (χ1n) is 9.17. The fourth-order valence-electron chi connectivity index (χ4n) is 3.04. The SMILES string of the molecule is COc1ccc(C[C@@H]2OB(OS(=O)(=O)C(F)(F)F)O[C@H]2Cc2ccc(OC)cc2)cc1. The Bertz CT molecular complexity index is 908. The van der Waals surface area contributed by atoms with E-state index in [-0.39, 0.29) is 12.8 Å². The zero-order chi connectivity index (χ0) is 22.6. The van der Waals surface area contributed by atoms with E-state index in [4.69, 9.17) is 18.8 Å². The van der Waals surface area contributed by atoms with Crippen LogP contribution in [0.4, 0.5) is 13.2 Å². The first kappa shape index (κ1) is 23.4. The molecule has 0 N–H and O–H groups in total. The van der Waals surface area contributed by atoms with Gasteiger partial charge in [-0.2, -0.15) is 21.6 Å². The van der Waals surface area contributed by atoms with Crippen LogP contribution >= 0.6 is 0 Å². The van der Waals surface area contributed by atoms with Gasteiger partial charge in [0.15, 0.2) is 0 Å². The molecular weight excluding hydrogens is 440 g/mol. The van der Waals surface area contributed by atoms with Crippen molar-refractivity contribution in [2.75, 3.05) is 14.2 Å². The van der Waals surface area contributed by atoms with Gasteiger partial charge in [0.25, 0.3) is 0 Å². The molecule has 1 aliphatic rings. The van der Waals surface area contributed by atoms with E-state index in [0.717, 1.165) is 11.1 Å². The van der Waals surface area contributed by atoms with Crippen molar-refractivity contribution in [3.63, 3.8) is 0 Å². The Labute approximate surface area is 178 Å². The van der Waals surface area contributed by atoms with Crippen LogP contribution in [0.25, 0.3) is 0 Å². The topological polar surface area (TPSA) is 80.3 Å². The standard InChI is InChI=1S/C19H20BF3O7S/c1-26-15-7-3-13(4-8-15)11-17-18(12-14-5-9-16(27-2)10-6-14)29-20(28-17)30-31(24,25)19(21,22)23/h3-10,17-18H,11-12H2,1-2H3/t17-,18-/m0/s1. The minimum Gasteiger partial charge on any atom is -0.497 e. The summed E-state index contributed by atoms with van der Waals surface area (Å²) in [4.78, 5) is 0. The summed E-state index contributed by atoms with van der Waals surface area (Å²) in [7, 11) is -4.83. The minimum atomic E-state index is -5.87. The summed E-state index contributed by atoms with van der Waals surface area (Å²) in [6.45, 7) is 0. The molecule has 0 aliphatic carbocycles. The molecule has 1 aliphatic heterocycles. The molecule has 1 fully saturated rings. The lowest BCUT2D eigenvalue weighted by molar-refractivity contribution is -0.0515. The van der Waals surface area contributed by atoms with Crippen molar-refractivity contribution < 1.29 is 44.5 Å². The number of halogens is 3. The summed E-state index contributed by atoms with van der Waals surface area (Å²) in [5.74, 6) is 1.28. The van der Waals surface area contributed by atoms with Crippen molar-refractivity contribution in [1.82, 2.24) is 0 Å². The normalized spacial score (nSPS) is 19.5. The Morgan fingerprint density at radius 1 is 0.839 bits per heavy atom. The first-order chi connectivity index (χ1) is 14.6. The minimum absolute atomic E-state index is 0.261. The van der Waals surface area contributed by atoms with Gasteiger partial charge in [-0.25, -0.2) is 0 Å². The molecule has 2 aromatic carbocycles. The molecule has 0 bridgehead atoms. The van der Waals surface area contributed by atoms with E-state index in [1.807, 2.05) is 0 Å². The highest BCUT2D eigenvalue weighted by Gasteiger charge is 2.53. The predicted molar refractivity (Wildman–Crippen MR) is 105 cm³/mol. The van der Waals surface area contributed by atoms with Gasteiger partial charge in [0.05, 0.1) is 26.4 Å². The van der Waals surface area contributed by atoms with Crippen LogP contribution in [0.1, 0.15) is 11.1 Å². The van der Waals surface area contributed by atoms with Gasteiger partial charge in [-0.15, -0.1) is 0 Å². The lowest BCUT2D eigenvalue weighted by Crippen LogP contribution is -2.33. The smallest absolute Gasteiger partial charge is 0.497 e. The predicted octanol–water partition coefficient (Wildman–Crippen LogP) is 3.12. The zero-order valence-electron chi connectivity index (χ0n) is 16.7. The first-order valence-corrected chi connectivity index (χ1v) is 10.6. The Balaban J connectivity index is 1.77. The lowest BCUT2D eigenvalue weighted by atomic mass is 9.98. The van der Waals surface area contributed by atoms with Crippen LogP contribution in [0.5, 0.6) is 11.5 Å². The fourth-order valence-corrected chi connectivity index (χ4v) is 3.45. The number of ether oxygens (including phenoxy) is 2. The van der Waals surface area contributed by atoms with Crippen LogP contribution in [0.2, 0.25) is 0 Å². The lowest BCUT2D eigenvalue weighted by Gasteiger charge is -2.18. The number of alkyl halides is 3. The monoisotopic (exact) mass is 460 g/mol. The highest BCUT2D eigenvalue weighted by atomic mass is 32.2. The van der Waals surface area contributed by atoms with Gasteiger partial charge < -0.3 is 18.8 Å². The molecule has 0 radical (unpaired) electrons. The summed E-state index contributed by atoms with van der Waals surface area (Å²) in [5, 5.41) is 0. The van der Waals surface area contributed by atoms with Crippen LogP contribution in [0.15, 0.2) is 48.5 Å². The molecule has 2 atom stereocenters. The number of rotatable bonds is 8. The molecule has 168 valence electrons. The van der Waals surface area contributed by atoms with Crippen LogP contribution < -0.4 is 9.47 Å². The van der Waals surface area contributed by atoms with Crippen molar-refractivity contribution >= 4 is 17.4 Å². The maximum absolute atomic E-state index is 12.7. The quantitative estimate of drug-likeness (QED) is 0.443. The molecule has 0 saturated carbocycles. The molecule has 1 heterocycles. The summed E-state index contributed by atoms with van der Waals surface area (Å²) in [6.07, 6.45) is -0.971. The molecule has 31 heavy (non-hydrogen) atoms. The van der Waals surface area contributed by atoms with E-state index >= 15 is 0 Å². The van der Waals surface area contributed by atoms with E-state index in [0.29, 0.717) is 11.5 Å². The number of benzene rings is 2. The highest BCUT2D eigenvalue weighted by molar-refractivity contribution is 7.88. The maximum Gasteiger partial charge on any atom is 0.655 e. The molecule has 0 unspecified atom stereocenters. The van der Waals surface area contributed by atoms with Gasteiger partial charge in [0.1, 0.15) is 11.5 Å². The van der Waals surface area contributed by atoms with Gasteiger partial charge in [-0.05, 0) is 48.2 Å². The van der Waals surface area contributed by atoms with Crippen molar-refractivity contribution in [2.45, 2.75) is 30.6 Å².